The number of anilines is 1. The number of amides is 1. The van der Waals surface area contributed by atoms with Gasteiger partial charge in [-0.05, 0) is 24.5 Å². The Kier molecular flexibility index (Phi) is 6.05. The van der Waals surface area contributed by atoms with Crippen molar-refractivity contribution in [2.45, 2.75) is 18.0 Å². The molecule has 0 aliphatic carbocycles. The lowest BCUT2D eigenvalue weighted by atomic mass is 10.1. The molecule has 146 valence electrons. The Morgan fingerprint density at radius 2 is 2.22 bits per heavy atom. The summed E-state index contributed by atoms with van der Waals surface area (Å²) in [5.41, 5.74) is 0.668. The first kappa shape index (κ1) is 19.7. The summed E-state index contributed by atoms with van der Waals surface area (Å²) in [7, 11) is 0.505. The number of hydrogen-bond acceptors (Lipinski definition) is 7. The van der Waals surface area contributed by atoms with Crippen LogP contribution in [-0.4, -0.2) is 53.5 Å². The second-order valence-corrected chi connectivity index (χ2v) is 9.67. The van der Waals surface area contributed by atoms with Gasteiger partial charge in [0.1, 0.15) is 11.6 Å². The molecule has 8 nitrogen and oxygen atoms in total. The van der Waals surface area contributed by atoms with Crippen LogP contribution < -0.4 is 10.1 Å². The molecule has 2 aromatic rings. The van der Waals surface area contributed by atoms with E-state index in [2.05, 4.69) is 15.5 Å². The summed E-state index contributed by atoms with van der Waals surface area (Å²) in [5.74, 6) is 2.01. The fourth-order valence-corrected chi connectivity index (χ4v) is 5.56. The Bertz CT molecular complexity index is 927. The van der Waals surface area contributed by atoms with Gasteiger partial charge in [-0.3, -0.25) is 4.79 Å². The molecule has 1 atom stereocenters. The van der Waals surface area contributed by atoms with Gasteiger partial charge in [0.2, 0.25) is 5.91 Å². The smallest absolute Gasteiger partial charge is 0.234 e. The number of sulfone groups is 1. The molecule has 1 saturated heterocycles. The van der Waals surface area contributed by atoms with Crippen molar-refractivity contribution in [2.75, 3.05) is 29.7 Å². The van der Waals surface area contributed by atoms with Gasteiger partial charge in [-0.15, -0.1) is 10.2 Å². The number of carbonyl (C=O) groups is 1. The van der Waals surface area contributed by atoms with Crippen molar-refractivity contribution in [3.8, 4) is 5.75 Å². The molecule has 2 heterocycles. The summed E-state index contributed by atoms with van der Waals surface area (Å²) >= 11 is 1.29. The highest BCUT2D eigenvalue weighted by Gasteiger charge is 2.29. The quantitative estimate of drug-likeness (QED) is 0.691. The lowest BCUT2D eigenvalue weighted by Gasteiger charge is -2.08. The SMILES string of the molecule is COc1cccc(NC(=O)CSc2nnc(C[C@H]3CCS(=O)(=O)C3)n2C)c1. The van der Waals surface area contributed by atoms with E-state index in [1.54, 1.807) is 31.4 Å². The topological polar surface area (TPSA) is 103 Å². The molecule has 0 spiro atoms. The van der Waals surface area contributed by atoms with Crippen LogP contribution in [0.3, 0.4) is 0 Å². The van der Waals surface area contributed by atoms with Crippen molar-refractivity contribution in [3.63, 3.8) is 0 Å². The number of ether oxygens (including phenoxy) is 1. The Labute approximate surface area is 162 Å². The predicted octanol–water partition coefficient (Wildman–Crippen LogP) is 1.53. The van der Waals surface area contributed by atoms with E-state index in [4.69, 9.17) is 4.74 Å². The predicted molar refractivity (Wildman–Crippen MR) is 104 cm³/mol. The maximum Gasteiger partial charge on any atom is 0.234 e. The third-order valence-corrected chi connectivity index (χ3v) is 7.27. The van der Waals surface area contributed by atoms with Crippen LogP contribution in [0, 0.1) is 5.92 Å². The summed E-state index contributed by atoms with van der Waals surface area (Å²) in [5, 5.41) is 11.7. The molecule has 27 heavy (non-hydrogen) atoms. The monoisotopic (exact) mass is 410 g/mol. The van der Waals surface area contributed by atoms with Gasteiger partial charge < -0.3 is 14.6 Å². The lowest BCUT2D eigenvalue weighted by molar-refractivity contribution is -0.113. The normalized spacial score (nSPS) is 18.4. The molecule has 1 fully saturated rings. The molecule has 0 bridgehead atoms. The van der Waals surface area contributed by atoms with Gasteiger partial charge >= 0.3 is 0 Å². The first-order chi connectivity index (χ1) is 12.9. The van der Waals surface area contributed by atoms with Crippen LogP contribution in [0.25, 0.3) is 0 Å². The van der Waals surface area contributed by atoms with Gasteiger partial charge in [-0.2, -0.15) is 0 Å². The molecule has 1 aromatic heterocycles. The number of methoxy groups -OCH3 is 1. The number of rotatable bonds is 7. The van der Waals surface area contributed by atoms with Crippen molar-refractivity contribution in [3.05, 3.63) is 30.1 Å². The molecular weight excluding hydrogens is 388 g/mol. The fourth-order valence-electron chi connectivity index (χ4n) is 2.97. The van der Waals surface area contributed by atoms with Crippen LogP contribution in [0.2, 0.25) is 0 Å². The summed E-state index contributed by atoms with van der Waals surface area (Å²) < 4.78 is 30.1. The van der Waals surface area contributed by atoms with Crippen LogP contribution in [0.4, 0.5) is 5.69 Å². The maximum absolute atomic E-state index is 12.2. The van der Waals surface area contributed by atoms with Gasteiger partial charge in [0, 0.05) is 25.2 Å². The highest BCUT2D eigenvalue weighted by Crippen LogP contribution is 2.24. The summed E-state index contributed by atoms with van der Waals surface area (Å²) in [4.78, 5) is 12.2. The third-order valence-electron chi connectivity index (χ3n) is 4.41. The second-order valence-electron chi connectivity index (χ2n) is 6.50. The van der Waals surface area contributed by atoms with E-state index in [0.29, 0.717) is 29.4 Å². The summed E-state index contributed by atoms with van der Waals surface area (Å²) in [6.45, 7) is 0. The molecule has 1 amide bonds. The maximum atomic E-state index is 12.2. The first-order valence-electron chi connectivity index (χ1n) is 8.51. The minimum Gasteiger partial charge on any atom is -0.497 e. The Morgan fingerprint density at radius 1 is 1.41 bits per heavy atom. The number of carbonyl (C=O) groups excluding carboxylic acids is 1. The average Bonchev–Trinajstić information content (AvgIpc) is 3.15. The molecule has 1 aromatic carbocycles. The van der Waals surface area contributed by atoms with Crippen LogP contribution >= 0.6 is 11.8 Å². The highest BCUT2D eigenvalue weighted by atomic mass is 32.2. The minimum absolute atomic E-state index is 0.0899. The van der Waals surface area contributed by atoms with Crippen LogP contribution in [0.1, 0.15) is 12.2 Å². The van der Waals surface area contributed by atoms with E-state index in [1.807, 2.05) is 11.6 Å². The zero-order chi connectivity index (χ0) is 19.4. The molecule has 0 unspecified atom stereocenters. The van der Waals surface area contributed by atoms with Crippen LogP contribution in [0.15, 0.2) is 29.4 Å². The molecule has 1 aliphatic rings. The van der Waals surface area contributed by atoms with Crippen molar-refractivity contribution in [1.82, 2.24) is 14.8 Å². The molecule has 10 heteroatoms. The number of benzene rings is 1. The van der Waals surface area contributed by atoms with E-state index in [9.17, 15) is 13.2 Å². The molecular formula is C17H22N4O4S2. The standard InChI is InChI=1S/C17H22N4O4S2/c1-21-15(8-12-6-7-27(23,24)11-12)19-20-17(21)26-10-16(22)18-13-4-3-5-14(9-13)25-2/h3-5,9,12H,6-8,10-11H2,1-2H3,(H,18,22)/t12-/m1/s1. The zero-order valence-electron chi connectivity index (χ0n) is 15.2. The van der Waals surface area contributed by atoms with E-state index in [0.717, 1.165) is 5.82 Å². The Morgan fingerprint density at radius 3 is 2.93 bits per heavy atom. The first-order valence-corrected chi connectivity index (χ1v) is 11.3. The van der Waals surface area contributed by atoms with Crippen molar-refractivity contribution < 1.29 is 17.9 Å². The van der Waals surface area contributed by atoms with Crippen LogP contribution in [-0.2, 0) is 28.1 Å². The number of aromatic nitrogens is 3. The Balaban J connectivity index is 1.54. The van der Waals surface area contributed by atoms with Crippen LogP contribution in [0.5, 0.6) is 5.75 Å². The average molecular weight is 411 g/mol. The number of nitrogens with zero attached hydrogens (tertiary/aromatic N) is 3. The van der Waals surface area contributed by atoms with Gasteiger partial charge in [0.15, 0.2) is 15.0 Å². The molecule has 1 aliphatic heterocycles. The molecule has 3 rings (SSSR count). The highest BCUT2D eigenvalue weighted by molar-refractivity contribution is 7.99. The number of thioether (sulfide) groups is 1. The van der Waals surface area contributed by atoms with Gasteiger partial charge in [-0.25, -0.2) is 8.42 Å². The van der Waals surface area contributed by atoms with Gasteiger partial charge in [0.05, 0.1) is 24.4 Å². The van der Waals surface area contributed by atoms with E-state index < -0.39 is 9.84 Å². The lowest BCUT2D eigenvalue weighted by Crippen LogP contribution is -2.14. The Hall–Kier alpha value is -2.07. The molecule has 1 N–H and O–H groups in total. The van der Waals surface area contributed by atoms with E-state index >= 15 is 0 Å². The largest absolute Gasteiger partial charge is 0.497 e. The zero-order valence-corrected chi connectivity index (χ0v) is 16.8. The van der Waals surface area contributed by atoms with Gasteiger partial charge in [-0.1, -0.05) is 17.8 Å². The number of nitrogens with one attached hydrogen (secondary N) is 1. The fraction of sp³-hybridized carbons (Fsp3) is 0.471. The second kappa shape index (κ2) is 8.30. The molecule has 0 saturated carbocycles. The van der Waals surface area contributed by atoms with Crippen molar-refractivity contribution in [2.24, 2.45) is 13.0 Å². The number of hydrogen-bond donors (Lipinski definition) is 1. The third kappa shape index (κ3) is 5.23. The minimum atomic E-state index is -2.90. The molecule has 0 radical (unpaired) electrons. The van der Waals surface area contributed by atoms with Gasteiger partial charge in [0.25, 0.3) is 0 Å². The van der Waals surface area contributed by atoms with E-state index in [-0.39, 0.29) is 29.1 Å². The van der Waals surface area contributed by atoms with E-state index in [1.165, 1.54) is 11.8 Å². The van der Waals surface area contributed by atoms with Crippen molar-refractivity contribution in [1.29, 1.82) is 0 Å². The summed E-state index contributed by atoms with van der Waals surface area (Å²) in [6, 6.07) is 7.15. The summed E-state index contributed by atoms with van der Waals surface area (Å²) in [6.07, 6.45) is 1.25. The van der Waals surface area contributed by atoms with Crippen molar-refractivity contribution >= 4 is 33.2 Å².